The van der Waals surface area contributed by atoms with Crippen LogP contribution in [0.5, 0.6) is 11.5 Å². The Labute approximate surface area is 138 Å². The molecule has 0 aromatic heterocycles. The molecule has 23 heavy (non-hydrogen) atoms. The van der Waals surface area contributed by atoms with Crippen molar-refractivity contribution >= 4 is 12.0 Å². The molecule has 0 unspecified atom stereocenters. The van der Waals surface area contributed by atoms with E-state index in [2.05, 4.69) is 35.9 Å². The van der Waals surface area contributed by atoms with Gasteiger partial charge in [-0.2, -0.15) is 0 Å². The molecule has 1 saturated heterocycles. The van der Waals surface area contributed by atoms with E-state index in [-0.39, 0.29) is 0 Å². The van der Waals surface area contributed by atoms with Crippen LogP contribution in [0.3, 0.4) is 0 Å². The summed E-state index contributed by atoms with van der Waals surface area (Å²) in [6.45, 7) is 6.39. The number of ether oxygens (including phenoxy) is 1. The maximum atomic E-state index is 5.98. The van der Waals surface area contributed by atoms with E-state index in [1.165, 1.54) is 19.3 Å². The number of likely N-dealkylation sites (tertiary alicyclic amines) is 1. The number of rotatable bonds is 4. The Morgan fingerprint density at radius 2 is 1.70 bits per heavy atom. The van der Waals surface area contributed by atoms with Gasteiger partial charge in [-0.15, -0.1) is 0 Å². The van der Waals surface area contributed by atoms with Crippen molar-refractivity contribution in [2.75, 3.05) is 13.1 Å². The molecule has 1 aliphatic heterocycles. The van der Waals surface area contributed by atoms with Crippen LogP contribution in [0, 0.1) is 13.8 Å². The molecule has 0 atom stereocenters. The average molecular weight is 308 g/mol. The topological polar surface area (TPSA) is 24.8 Å². The highest BCUT2D eigenvalue weighted by Gasteiger charge is 2.08. The largest absolute Gasteiger partial charge is 0.457 e. The van der Waals surface area contributed by atoms with Gasteiger partial charge in [0.2, 0.25) is 0 Å². The van der Waals surface area contributed by atoms with Crippen molar-refractivity contribution in [1.82, 2.24) is 4.90 Å². The van der Waals surface area contributed by atoms with Crippen LogP contribution in [0.4, 0.5) is 5.69 Å². The number of aliphatic imine (C=N–C) groups is 1. The minimum atomic E-state index is 0.861. The first-order valence-corrected chi connectivity index (χ1v) is 8.35. The molecule has 0 radical (unpaired) electrons. The van der Waals surface area contributed by atoms with E-state index >= 15 is 0 Å². The van der Waals surface area contributed by atoms with Gasteiger partial charge < -0.3 is 9.64 Å². The van der Waals surface area contributed by atoms with Crippen molar-refractivity contribution in [3.63, 3.8) is 0 Å². The smallest absolute Gasteiger partial charge is 0.130 e. The zero-order valence-electron chi connectivity index (χ0n) is 14.0. The predicted molar refractivity (Wildman–Crippen MR) is 96.0 cm³/mol. The molecule has 3 rings (SSSR count). The van der Waals surface area contributed by atoms with Crippen molar-refractivity contribution in [3.05, 3.63) is 53.6 Å². The molecule has 120 valence electrons. The Kier molecular flexibility index (Phi) is 4.96. The van der Waals surface area contributed by atoms with E-state index < -0.39 is 0 Å². The van der Waals surface area contributed by atoms with Gasteiger partial charge in [0, 0.05) is 13.1 Å². The van der Waals surface area contributed by atoms with Gasteiger partial charge in [0.1, 0.15) is 11.5 Å². The van der Waals surface area contributed by atoms with Crippen molar-refractivity contribution in [3.8, 4) is 11.5 Å². The summed E-state index contributed by atoms with van der Waals surface area (Å²) in [5.74, 6) is 1.75. The maximum Gasteiger partial charge on any atom is 0.130 e. The third-order valence-corrected chi connectivity index (χ3v) is 4.22. The molecule has 2 aromatic carbocycles. The summed E-state index contributed by atoms with van der Waals surface area (Å²) in [5.41, 5.74) is 3.26. The molecule has 2 aromatic rings. The molecule has 0 saturated carbocycles. The van der Waals surface area contributed by atoms with Crippen LogP contribution in [0.1, 0.15) is 30.4 Å². The number of piperidine rings is 1. The van der Waals surface area contributed by atoms with Gasteiger partial charge in [-0.3, -0.25) is 0 Å². The van der Waals surface area contributed by atoms with Crippen LogP contribution < -0.4 is 4.74 Å². The van der Waals surface area contributed by atoms with Crippen molar-refractivity contribution in [2.24, 2.45) is 4.99 Å². The number of benzene rings is 2. The van der Waals surface area contributed by atoms with E-state index in [9.17, 15) is 0 Å². The van der Waals surface area contributed by atoms with E-state index in [1.54, 1.807) is 0 Å². The molecule has 0 N–H and O–H groups in total. The lowest BCUT2D eigenvalue weighted by Crippen LogP contribution is -2.28. The minimum Gasteiger partial charge on any atom is -0.457 e. The highest BCUT2D eigenvalue weighted by Crippen LogP contribution is 2.31. The lowest BCUT2D eigenvalue weighted by Gasteiger charge is -2.24. The van der Waals surface area contributed by atoms with E-state index in [1.807, 2.05) is 36.7 Å². The zero-order chi connectivity index (χ0) is 16.1. The van der Waals surface area contributed by atoms with E-state index in [0.29, 0.717) is 0 Å². The summed E-state index contributed by atoms with van der Waals surface area (Å²) in [6, 6.07) is 14.1. The fourth-order valence-corrected chi connectivity index (χ4v) is 2.82. The summed E-state index contributed by atoms with van der Waals surface area (Å²) in [5, 5.41) is 0. The fraction of sp³-hybridized carbons (Fsp3) is 0.350. The van der Waals surface area contributed by atoms with Crippen LogP contribution in [0.2, 0.25) is 0 Å². The summed E-state index contributed by atoms with van der Waals surface area (Å²) in [6.07, 6.45) is 5.88. The summed E-state index contributed by atoms with van der Waals surface area (Å²) in [7, 11) is 0. The van der Waals surface area contributed by atoms with Gasteiger partial charge in [-0.1, -0.05) is 18.2 Å². The third kappa shape index (κ3) is 4.13. The molecule has 1 aliphatic rings. The van der Waals surface area contributed by atoms with E-state index in [4.69, 9.17) is 4.74 Å². The molecular weight excluding hydrogens is 284 g/mol. The average Bonchev–Trinajstić information content (AvgIpc) is 2.58. The first-order valence-electron chi connectivity index (χ1n) is 8.35. The Hall–Kier alpha value is -2.29. The molecule has 0 bridgehead atoms. The van der Waals surface area contributed by atoms with Gasteiger partial charge in [0.05, 0.1) is 12.0 Å². The molecular formula is C20H24N2O. The van der Waals surface area contributed by atoms with Crippen molar-refractivity contribution in [1.29, 1.82) is 0 Å². The molecule has 0 spiro atoms. The van der Waals surface area contributed by atoms with Crippen molar-refractivity contribution in [2.45, 2.75) is 33.1 Å². The van der Waals surface area contributed by atoms with Crippen LogP contribution >= 0.6 is 0 Å². The molecule has 3 nitrogen and oxygen atoms in total. The fourth-order valence-electron chi connectivity index (χ4n) is 2.82. The molecule has 1 heterocycles. The minimum absolute atomic E-state index is 0.861. The number of nitrogens with zero attached hydrogens (tertiary/aromatic N) is 2. The second kappa shape index (κ2) is 7.32. The normalized spacial score (nSPS) is 15.1. The standard InChI is InChI=1S/C20H24N2O/c1-16-14-20(23-18-9-5-3-6-10-18)17(2)13-19(16)21-15-22-11-7-4-8-12-22/h3,5-6,9-10,13-15H,4,7-8,11-12H2,1-2H3. The third-order valence-electron chi connectivity index (χ3n) is 4.22. The zero-order valence-corrected chi connectivity index (χ0v) is 14.0. The SMILES string of the molecule is Cc1cc(Oc2ccccc2)c(C)cc1N=CN1CCCCC1. The Morgan fingerprint density at radius 3 is 2.43 bits per heavy atom. The number of hydrogen-bond donors (Lipinski definition) is 0. The molecule has 0 aliphatic carbocycles. The first kappa shape index (κ1) is 15.6. The van der Waals surface area contributed by atoms with Gasteiger partial charge in [-0.25, -0.2) is 4.99 Å². The van der Waals surface area contributed by atoms with Crippen LogP contribution in [0.15, 0.2) is 47.5 Å². The molecule has 0 amide bonds. The number of para-hydroxylation sites is 1. The second-order valence-electron chi connectivity index (χ2n) is 6.16. The van der Waals surface area contributed by atoms with Gasteiger partial charge >= 0.3 is 0 Å². The number of aryl methyl sites for hydroxylation is 2. The lowest BCUT2D eigenvalue weighted by molar-refractivity contribution is 0.351. The lowest BCUT2D eigenvalue weighted by atomic mass is 10.1. The maximum absolute atomic E-state index is 5.98. The van der Waals surface area contributed by atoms with Crippen LogP contribution in [-0.4, -0.2) is 24.3 Å². The summed E-state index contributed by atoms with van der Waals surface area (Å²) in [4.78, 5) is 7.00. The summed E-state index contributed by atoms with van der Waals surface area (Å²) < 4.78 is 5.98. The van der Waals surface area contributed by atoms with Gasteiger partial charge in [0.15, 0.2) is 0 Å². The molecule has 1 fully saturated rings. The van der Waals surface area contributed by atoms with E-state index in [0.717, 1.165) is 41.4 Å². The van der Waals surface area contributed by atoms with Gasteiger partial charge in [-0.05, 0) is 68.5 Å². The monoisotopic (exact) mass is 308 g/mol. The van der Waals surface area contributed by atoms with Crippen molar-refractivity contribution < 1.29 is 4.74 Å². The summed E-state index contributed by atoms with van der Waals surface area (Å²) >= 11 is 0. The molecule has 3 heteroatoms. The van der Waals surface area contributed by atoms with Crippen LogP contribution in [0.25, 0.3) is 0 Å². The first-order chi connectivity index (χ1) is 11.2. The Morgan fingerprint density at radius 1 is 0.957 bits per heavy atom. The highest BCUT2D eigenvalue weighted by atomic mass is 16.5. The Balaban J connectivity index is 1.75. The predicted octanol–water partition coefficient (Wildman–Crippen LogP) is 5.24. The van der Waals surface area contributed by atoms with Gasteiger partial charge in [0.25, 0.3) is 0 Å². The highest BCUT2D eigenvalue weighted by molar-refractivity contribution is 5.65. The second-order valence-corrected chi connectivity index (χ2v) is 6.16. The quantitative estimate of drug-likeness (QED) is 0.570. The Bertz CT molecular complexity index is 674. The van der Waals surface area contributed by atoms with Crippen LogP contribution in [-0.2, 0) is 0 Å². The number of hydrogen-bond acceptors (Lipinski definition) is 2.